The standard InChI is InChI=1S/C25H28P/c1-19-11-7-9-15-22(19)24-17-18-25(23-16-10-8-12-20(23)2)26(24,3)21-13-5-4-6-14-21/h4-16,24-25H,17-18H2,1-3H3/q+1. The molecule has 1 saturated heterocycles. The summed E-state index contributed by atoms with van der Waals surface area (Å²) in [6.07, 6.45) is 2.59. The molecule has 0 bridgehead atoms. The number of rotatable bonds is 3. The summed E-state index contributed by atoms with van der Waals surface area (Å²) in [6.45, 7) is 7.18. The second kappa shape index (κ2) is 7.01. The van der Waals surface area contributed by atoms with Crippen molar-refractivity contribution >= 4 is 12.6 Å². The third kappa shape index (κ3) is 2.81. The smallest absolute Gasteiger partial charge is 0.0620 e. The van der Waals surface area contributed by atoms with Crippen molar-refractivity contribution in [3.8, 4) is 0 Å². The van der Waals surface area contributed by atoms with Gasteiger partial charge in [0.05, 0.1) is 30.5 Å². The van der Waals surface area contributed by atoms with Crippen LogP contribution >= 0.6 is 7.26 Å². The van der Waals surface area contributed by atoms with Gasteiger partial charge in [0.1, 0.15) is 0 Å². The van der Waals surface area contributed by atoms with Crippen LogP contribution in [0.2, 0.25) is 0 Å². The molecule has 0 aromatic heterocycles. The van der Waals surface area contributed by atoms with Gasteiger partial charge in [-0.25, -0.2) is 0 Å². The highest BCUT2D eigenvalue weighted by Gasteiger charge is 2.56. The Hall–Kier alpha value is -1.91. The summed E-state index contributed by atoms with van der Waals surface area (Å²) in [5.74, 6) is 0. The largest absolute Gasteiger partial charge is 0.0999 e. The molecule has 0 radical (unpaired) electrons. The molecule has 0 aliphatic carbocycles. The van der Waals surface area contributed by atoms with E-state index in [-0.39, 0.29) is 0 Å². The van der Waals surface area contributed by atoms with E-state index in [0.717, 1.165) is 0 Å². The van der Waals surface area contributed by atoms with E-state index in [2.05, 4.69) is 99.4 Å². The van der Waals surface area contributed by atoms with Gasteiger partial charge < -0.3 is 0 Å². The molecule has 132 valence electrons. The van der Waals surface area contributed by atoms with Crippen molar-refractivity contribution in [3.05, 3.63) is 101 Å². The van der Waals surface area contributed by atoms with Crippen molar-refractivity contribution in [1.82, 2.24) is 0 Å². The zero-order valence-corrected chi connectivity index (χ0v) is 16.9. The molecule has 2 unspecified atom stereocenters. The molecule has 0 spiro atoms. The Morgan fingerprint density at radius 1 is 0.615 bits per heavy atom. The fraction of sp³-hybridized carbons (Fsp3) is 0.280. The molecular weight excluding hydrogens is 331 g/mol. The first-order chi connectivity index (χ1) is 12.6. The maximum atomic E-state index is 2.61. The molecule has 1 aliphatic rings. The Bertz CT molecular complexity index is 843. The van der Waals surface area contributed by atoms with E-state index in [1.54, 1.807) is 16.4 Å². The van der Waals surface area contributed by atoms with Crippen LogP contribution in [0.15, 0.2) is 78.9 Å². The Kier molecular flexibility index (Phi) is 4.72. The fourth-order valence-electron chi connectivity index (χ4n) is 4.99. The predicted octanol–water partition coefficient (Wildman–Crippen LogP) is 6.85. The van der Waals surface area contributed by atoms with Gasteiger partial charge in [-0.15, -0.1) is 0 Å². The molecule has 0 nitrogen and oxygen atoms in total. The lowest BCUT2D eigenvalue weighted by Crippen LogP contribution is -2.18. The molecule has 3 aromatic rings. The van der Waals surface area contributed by atoms with Crippen molar-refractivity contribution in [2.24, 2.45) is 0 Å². The van der Waals surface area contributed by atoms with Crippen LogP contribution in [0, 0.1) is 13.8 Å². The monoisotopic (exact) mass is 359 g/mol. The third-order valence-electron chi connectivity index (χ3n) is 6.42. The number of aryl methyl sites for hydroxylation is 2. The quantitative estimate of drug-likeness (QED) is 0.448. The highest BCUT2D eigenvalue weighted by atomic mass is 31.2. The Morgan fingerprint density at radius 2 is 1.04 bits per heavy atom. The van der Waals surface area contributed by atoms with Gasteiger partial charge in [-0.2, -0.15) is 0 Å². The average molecular weight is 359 g/mol. The lowest BCUT2D eigenvalue weighted by molar-refractivity contribution is 0.760. The van der Waals surface area contributed by atoms with Gasteiger partial charge in [0.2, 0.25) is 0 Å². The maximum Gasteiger partial charge on any atom is 0.0999 e. The van der Waals surface area contributed by atoms with Crippen molar-refractivity contribution in [2.75, 3.05) is 6.66 Å². The van der Waals surface area contributed by atoms with Gasteiger partial charge in [0.25, 0.3) is 0 Å². The summed E-state index contributed by atoms with van der Waals surface area (Å²) in [7, 11) is -1.39. The van der Waals surface area contributed by atoms with Crippen LogP contribution in [0.1, 0.15) is 46.4 Å². The molecule has 0 amide bonds. The van der Waals surface area contributed by atoms with Crippen LogP contribution in [0.25, 0.3) is 0 Å². The van der Waals surface area contributed by atoms with Gasteiger partial charge in [-0.3, -0.25) is 0 Å². The number of hydrogen-bond acceptors (Lipinski definition) is 0. The van der Waals surface area contributed by atoms with Gasteiger partial charge in [0.15, 0.2) is 0 Å². The van der Waals surface area contributed by atoms with Gasteiger partial charge >= 0.3 is 0 Å². The highest BCUT2D eigenvalue weighted by molar-refractivity contribution is 7.83. The minimum absolute atomic E-state index is 0.663. The summed E-state index contributed by atoms with van der Waals surface area (Å²) in [5.41, 5.74) is 7.37. The number of benzene rings is 3. The lowest BCUT2D eigenvalue weighted by atomic mass is 9.99. The van der Waals surface area contributed by atoms with Crippen molar-refractivity contribution in [3.63, 3.8) is 0 Å². The molecule has 3 aromatic carbocycles. The van der Waals surface area contributed by atoms with Crippen LogP contribution in [0.4, 0.5) is 0 Å². The Labute approximate surface area is 158 Å². The first-order valence-corrected chi connectivity index (χ1v) is 12.0. The van der Waals surface area contributed by atoms with Crippen molar-refractivity contribution in [1.29, 1.82) is 0 Å². The molecule has 1 heteroatoms. The van der Waals surface area contributed by atoms with Crippen LogP contribution < -0.4 is 5.30 Å². The van der Waals surface area contributed by atoms with Crippen LogP contribution in [0.3, 0.4) is 0 Å². The molecule has 0 N–H and O–H groups in total. The molecule has 1 aliphatic heterocycles. The summed E-state index contributed by atoms with van der Waals surface area (Å²) in [5, 5.41) is 1.58. The Balaban J connectivity index is 1.89. The summed E-state index contributed by atoms with van der Waals surface area (Å²) >= 11 is 0. The van der Waals surface area contributed by atoms with E-state index in [0.29, 0.717) is 11.3 Å². The second-order valence-electron chi connectivity index (χ2n) is 7.80. The van der Waals surface area contributed by atoms with E-state index in [1.807, 2.05) is 0 Å². The molecule has 0 saturated carbocycles. The summed E-state index contributed by atoms with van der Waals surface area (Å²) in [6, 6.07) is 29.5. The van der Waals surface area contributed by atoms with E-state index in [1.165, 1.54) is 24.0 Å². The summed E-state index contributed by atoms with van der Waals surface area (Å²) < 4.78 is 0. The van der Waals surface area contributed by atoms with Crippen LogP contribution in [-0.2, 0) is 0 Å². The maximum absolute atomic E-state index is 2.61. The highest BCUT2D eigenvalue weighted by Crippen LogP contribution is 2.81. The van der Waals surface area contributed by atoms with Gasteiger partial charge in [0, 0.05) is 0 Å². The fourth-order valence-corrected chi connectivity index (χ4v) is 10.1. The minimum atomic E-state index is -1.39. The molecule has 1 heterocycles. The molecule has 26 heavy (non-hydrogen) atoms. The molecule has 1 fully saturated rings. The van der Waals surface area contributed by atoms with E-state index < -0.39 is 7.26 Å². The van der Waals surface area contributed by atoms with E-state index >= 15 is 0 Å². The average Bonchev–Trinajstić information content (AvgIpc) is 3.01. The van der Waals surface area contributed by atoms with Gasteiger partial charge in [-0.1, -0.05) is 66.7 Å². The SMILES string of the molecule is Cc1ccccc1C1CCC(c2ccccc2C)[P+]1(C)c1ccccc1. The van der Waals surface area contributed by atoms with E-state index in [9.17, 15) is 0 Å². The number of hydrogen-bond donors (Lipinski definition) is 0. The third-order valence-corrected chi connectivity index (χ3v) is 11.5. The first kappa shape index (κ1) is 17.5. The zero-order valence-electron chi connectivity index (χ0n) is 16.0. The summed E-state index contributed by atoms with van der Waals surface area (Å²) in [4.78, 5) is 0. The van der Waals surface area contributed by atoms with E-state index in [4.69, 9.17) is 0 Å². The first-order valence-electron chi connectivity index (χ1n) is 9.65. The normalized spacial score (nSPS) is 25.3. The Morgan fingerprint density at radius 3 is 1.50 bits per heavy atom. The second-order valence-corrected chi connectivity index (χ2v) is 11.9. The predicted molar refractivity (Wildman–Crippen MR) is 116 cm³/mol. The minimum Gasteiger partial charge on any atom is -0.0620 e. The van der Waals surface area contributed by atoms with Crippen molar-refractivity contribution < 1.29 is 0 Å². The lowest BCUT2D eigenvalue weighted by Gasteiger charge is -2.32. The zero-order chi connectivity index (χ0) is 18.1. The van der Waals surface area contributed by atoms with Crippen LogP contribution in [0.5, 0.6) is 0 Å². The molecule has 4 rings (SSSR count). The van der Waals surface area contributed by atoms with Gasteiger partial charge in [-0.05, 0) is 61.1 Å². The van der Waals surface area contributed by atoms with Crippen LogP contribution in [-0.4, -0.2) is 6.66 Å². The topological polar surface area (TPSA) is 0 Å². The van der Waals surface area contributed by atoms with Crippen molar-refractivity contribution in [2.45, 2.75) is 38.0 Å². The molecule has 2 atom stereocenters. The molecular formula is C25H28P+.